The standard InChI is InChI=1S/C17H19BrFNO/c1-20(12-13-4-2-7-16(19)10-13)9-8-17(21)14-5-3-6-15(18)11-14/h2-7,10-11,17,21H,8-9,12H2,1H3. The number of benzene rings is 2. The maximum atomic E-state index is 13.1. The van der Waals surface area contributed by atoms with Crippen molar-refractivity contribution in [3.05, 3.63) is 69.9 Å². The number of nitrogens with zero attached hydrogens (tertiary/aromatic N) is 1. The van der Waals surface area contributed by atoms with Crippen LogP contribution in [0.4, 0.5) is 4.39 Å². The molecule has 0 amide bonds. The van der Waals surface area contributed by atoms with Gasteiger partial charge in [0.2, 0.25) is 0 Å². The van der Waals surface area contributed by atoms with E-state index in [0.29, 0.717) is 13.0 Å². The van der Waals surface area contributed by atoms with Gasteiger partial charge in [-0.1, -0.05) is 40.2 Å². The van der Waals surface area contributed by atoms with Crippen molar-refractivity contribution in [1.82, 2.24) is 4.90 Å². The lowest BCUT2D eigenvalue weighted by atomic mass is 10.1. The lowest BCUT2D eigenvalue weighted by molar-refractivity contribution is 0.147. The van der Waals surface area contributed by atoms with Crippen molar-refractivity contribution in [2.24, 2.45) is 0 Å². The second kappa shape index (κ2) is 7.69. The zero-order valence-electron chi connectivity index (χ0n) is 12.0. The van der Waals surface area contributed by atoms with Crippen molar-refractivity contribution in [3.63, 3.8) is 0 Å². The molecule has 0 bridgehead atoms. The number of hydrogen-bond acceptors (Lipinski definition) is 2. The van der Waals surface area contributed by atoms with Crippen molar-refractivity contribution < 1.29 is 9.50 Å². The van der Waals surface area contributed by atoms with E-state index >= 15 is 0 Å². The van der Waals surface area contributed by atoms with Gasteiger partial charge in [0.15, 0.2) is 0 Å². The van der Waals surface area contributed by atoms with E-state index in [-0.39, 0.29) is 5.82 Å². The van der Waals surface area contributed by atoms with E-state index in [9.17, 15) is 9.50 Å². The fourth-order valence-corrected chi connectivity index (χ4v) is 2.67. The fraction of sp³-hybridized carbons (Fsp3) is 0.294. The van der Waals surface area contributed by atoms with E-state index in [1.807, 2.05) is 37.4 Å². The van der Waals surface area contributed by atoms with Gasteiger partial charge in [-0.2, -0.15) is 0 Å². The molecule has 2 rings (SSSR count). The number of aliphatic hydroxyl groups excluding tert-OH is 1. The summed E-state index contributed by atoms with van der Waals surface area (Å²) >= 11 is 3.40. The topological polar surface area (TPSA) is 23.5 Å². The molecule has 0 aliphatic carbocycles. The van der Waals surface area contributed by atoms with E-state index in [4.69, 9.17) is 0 Å². The zero-order chi connectivity index (χ0) is 15.2. The van der Waals surface area contributed by atoms with Gasteiger partial charge in [-0.05, 0) is 48.9 Å². The molecular weight excluding hydrogens is 333 g/mol. The van der Waals surface area contributed by atoms with E-state index in [0.717, 1.165) is 22.1 Å². The molecular formula is C17H19BrFNO. The van der Waals surface area contributed by atoms with Gasteiger partial charge in [0.1, 0.15) is 5.82 Å². The van der Waals surface area contributed by atoms with Crippen LogP contribution in [0.1, 0.15) is 23.7 Å². The Labute approximate surface area is 133 Å². The lowest BCUT2D eigenvalue weighted by Gasteiger charge is -2.19. The monoisotopic (exact) mass is 351 g/mol. The molecule has 4 heteroatoms. The van der Waals surface area contributed by atoms with Crippen molar-refractivity contribution >= 4 is 15.9 Å². The first-order valence-corrected chi connectivity index (χ1v) is 7.70. The number of aliphatic hydroxyl groups is 1. The van der Waals surface area contributed by atoms with Crippen molar-refractivity contribution in [2.75, 3.05) is 13.6 Å². The molecule has 1 atom stereocenters. The molecule has 2 aromatic carbocycles. The van der Waals surface area contributed by atoms with Gasteiger partial charge in [-0.15, -0.1) is 0 Å². The molecule has 0 spiro atoms. The van der Waals surface area contributed by atoms with E-state index < -0.39 is 6.10 Å². The van der Waals surface area contributed by atoms with Crippen LogP contribution in [0, 0.1) is 5.82 Å². The third-order valence-electron chi connectivity index (χ3n) is 3.36. The smallest absolute Gasteiger partial charge is 0.123 e. The quantitative estimate of drug-likeness (QED) is 0.845. The Morgan fingerprint density at radius 1 is 1.19 bits per heavy atom. The van der Waals surface area contributed by atoms with Crippen LogP contribution in [0.15, 0.2) is 53.0 Å². The Hall–Kier alpha value is -1.23. The summed E-state index contributed by atoms with van der Waals surface area (Å²) in [5.74, 6) is -0.213. The van der Waals surface area contributed by atoms with Gasteiger partial charge >= 0.3 is 0 Å². The minimum absolute atomic E-state index is 0.213. The van der Waals surface area contributed by atoms with Gasteiger partial charge in [-0.3, -0.25) is 0 Å². The number of halogens is 2. The molecule has 0 radical (unpaired) electrons. The predicted molar refractivity (Wildman–Crippen MR) is 86.5 cm³/mol. The van der Waals surface area contributed by atoms with Gasteiger partial charge in [0.25, 0.3) is 0 Å². The summed E-state index contributed by atoms with van der Waals surface area (Å²) in [6, 6.07) is 14.3. The second-order valence-electron chi connectivity index (χ2n) is 5.23. The first-order valence-electron chi connectivity index (χ1n) is 6.91. The molecule has 2 aromatic rings. The van der Waals surface area contributed by atoms with Crippen LogP contribution in [0.3, 0.4) is 0 Å². The third kappa shape index (κ3) is 5.23. The Balaban J connectivity index is 1.85. The maximum Gasteiger partial charge on any atom is 0.123 e. The van der Waals surface area contributed by atoms with Crippen LogP contribution < -0.4 is 0 Å². The SMILES string of the molecule is CN(CCC(O)c1cccc(Br)c1)Cc1cccc(F)c1. The zero-order valence-corrected chi connectivity index (χ0v) is 13.6. The van der Waals surface area contributed by atoms with Gasteiger partial charge in [-0.25, -0.2) is 4.39 Å². The second-order valence-corrected chi connectivity index (χ2v) is 6.14. The highest BCUT2D eigenvalue weighted by atomic mass is 79.9. The molecule has 0 saturated heterocycles. The Kier molecular flexibility index (Phi) is 5.91. The summed E-state index contributed by atoms with van der Waals surface area (Å²) < 4.78 is 14.1. The molecule has 21 heavy (non-hydrogen) atoms. The molecule has 1 N–H and O–H groups in total. The lowest BCUT2D eigenvalue weighted by Crippen LogP contribution is -2.21. The number of hydrogen-bond donors (Lipinski definition) is 1. The summed E-state index contributed by atoms with van der Waals surface area (Å²) in [7, 11) is 1.97. The van der Waals surface area contributed by atoms with E-state index in [1.54, 1.807) is 12.1 Å². The Morgan fingerprint density at radius 3 is 2.67 bits per heavy atom. The first-order chi connectivity index (χ1) is 10.0. The summed E-state index contributed by atoms with van der Waals surface area (Å²) in [5, 5.41) is 10.2. The first kappa shape index (κ1) is 16.1. The molecule has 1 unspecified atom stereocenters. The van der Waals surface area contributed by atoms with E-state index in [2.05, 4.69) is 20.8 Å². The summed E-state index contributed by atoms with van der Waals surface area (Å²) in [5.41, 5.74) is 1.85. The normalized spacial score (nSPS) is 12.6. The van der Waals surface area contributed by atoms with Gasteiger partial charge in [0, 0.05) is 17.6 Å². The summed E-state index contributed by atoms with van der Waals surface area (Å²) in [6.07, 6.45) is 0.153. The molecule has 0 aromatic heterocycles. The van der Waals surface area contributed by atoms with Crippen LogP contribution in [-0.2, 0) is 6.54 Å². The highest BCUT2D eigenvalue weighted by molar-refractivity contribution is 9.10. The molecule has 0 saturated carbocycles. The Bertz CT molecular complexity index is 591. The van der Waals surface area contributed by atoms with Crippen molar-refractivity contribution in [1.29, 1.82) is 0 Å². The Morgan fingerprint density at radius 2 is 1.95 bits per heavy atom. The molecule has 0 aliphatic heterocycles. The van der Waals surface area contributed by atoms with Crippen LogP contribution in [0.5, 0.6) is 0 Å². The van der Waals surface area contributed by atoms with Crippen LogP contribution in [0.2, 0.25) is 0 Å². The van der Waals surface area contributed by atoms with Crippen molar-refractivity contribution in [3.8, 4) is 0 Å². The highest BCUT2D eigenvalue weighted by Gasteiger charge is 2.09. The third-order valence-corrected chi connectivity index (χ3v) is 3.85. The average molecular weight is 352 g/mol. The minimum atomic E-state index is -0.488. The fourth-order valence-electron chi connectivity index (χ4n) is 2.25. The van der Waals surface area contributed by atoms with Gasteiger partial charge < -0.3 is 10.0 Å². The van der Waals surface area contributed by atoms with Crippen molar-refractivity contribution in [2.45, 2.75) is 19.1 Å². The molecule has 0 fully saturated rings. The molecule has 0 heterocycles. The number of rotatable bonds is 6. The molecule has 112 valence electrons. The van der Waals surface area contributed by atoms with E-state index in [1.165, 1.54) is 6.07 Å². The predicted octanol–water partition coefficient (Wildman–Crippen LogP) is 4.14. The van der Waals surface area contributed by atoms with Crippen LogP contribution >= 0.6 is 15.9 Å². The highest BCUT2D eigenvalue weighted by Crippen LogP contribution is 2.21. The summed E-state index contributed by atoms with van der Waals surface area (Å²) in [4.78, 5) is 2.08. The largest absolute Gasteiger partial charge is 0.388 e. The molecule has 0 aliphatic rings. The van der Waals surface area contributed by atoms with Gasteiger partial charge in [0.05, 0.1) is 6.10 Å². The minimum Gasteiger partial charge on any atom is -0.388 e. The molecule has 2 nitrogen and oxygen atoms in total. The van der Waals surface area contributed by atoms with Crippen LogP contribution in [0.25, 0.3) is 0 Å². The van der Waals surface area contributed by atoms with Crippen LogP contribution in [-0.4, -0.2) is 23.6 Å². The average Bonchev–Trinajstić information content (AvgIpc) is 2.45. The summed E-state index contributed by atoms with van der Waals surface area (Å²) in [6.45, 7) is 1.41. The maximum absolute atomic E-state index is 13.1.